The van der Waals surface area contributed by atoms with Gasteiger partial charge >= 0.3 is 5.97 Å². The van der Waals surface area contributed by atoms with Crippen LogP contribution >= 0.6 is 0 Å². The minimum Gasteiger partial charge on any atom is -0.457 e. The summed E-state index contributed by atoms with van der Waals surface area (Å²) < 4.78 is 10.9. The van der Waals surface area contributed by atoms with Gasteiger partial charge in [0.15, 0.2) is 5.78 Å². The monoisotopic (exact) mass is 588 g/mol. The summed E-state index contributed by atoms with van der Waals surface area (Å²) in [4.78, 5) is 62.4. The topological polar surface area (TPSA) is 166 Å². The molecule has 11 nitrogen and oxygen atoms in total. The Balaban J connectivity index is 2.05. The molecule has 1 aliphatic rings. The molecule has 234 valence electrons. The van der Waals surface area contributed by atoms with E-state index in [1.165, 1.54) is 0 Å². The summed E-state index contributed by atoms with van der Waals surface area (Å²) >= 11 is 0. The van der Waals surface area contributed by atoms with Gasteiger partial charge in [0.05, 0.1) is 18.5 Å². The van der Waals surface area contributed by atoms with Crippen molar-refractivity contribution in [1.29, 1.82) is 0 Å². The maximum Gasteiger partial charge on any atom is 0.311 e. The highest BCUT2D eigenvalue weighted by Crippen LogP contribution is 2.22. The molecule has 2 rings (SSSR count). The molecule has 0 aliphatic carbocycles. The first-order valence-electron chi connectivity index (χ1n) is 15.1. The zero-order valence-electron chi connectivity index (χ0n) is 25.2. The molecule has 0 saturated carbocycles. The third-order valence-corrected chi connectivity index (χ3v) is 7.72. The molecule has 5 N–H and O–H groups in total. The summed E-state index contributed by atoms with van der Waals surface area (Å²) in [6.07, 6.45) is 5.23. The summed E-state index contributed by atoms with van der Waals surface area (Å²) in [6, 6.07) is 6.19. The second-order valence-electron chi connectivity index (χ2n) is 11.0. The van der Waals surface area contributed by atoms with E-state index in [2.05, 4.69) is 22.9 Å². The molecule has 1 aromatic carbocycles. The summed E-state index contributed by atoms with van der Waals surface area (Å²) in [5.74, 6) is -2.20. The number of unbranched alkanes of at least 4 members (excludes halogenated alkanes) is 2. The number of ketones is 1. The Hall–Kier alpha value is -3.47. The maximum absolute atomic E-state index is 13.5. The average Bonchev–Trinajstić information content (AvgIpc) is 2.99. The quantitative estimate of drug-likeness (QED) is 0.109. The molecule has 3 unspecified atom stereocenters. The van der Waals surface area contributed by atoms with Crippen LogP contribution in [-0.4, -0.2) is 61.9 Å². The number of ether oxygens (including phenoxy) is 2. The number of nitrogens with one attached hydrogen (secondary N) is 3. The molecule has 0 spiro atoms. The smallest absolute Gasteiger partial charge is 0.311 e. The number of amides is 3. The molecule has 3 atom stereocenters. The molecular weight excluding hydrogens is 540 g/mol. The summed E-state index contributed by atoms with van der Waals surface area (Å²) in [6.45, 7) is 6.96. The molecule has 1 aromatic rings. The summed E-state index contributed by atoms with van der Waals surface area (Å²) in [5, 5.41) is 8.61. The van der Waals surface area contributed by atoms with Crippen molar-refractivity contribution < 1.29 is 33.4 Å². The van der Waals surface area contributed by atoms with E-state index in [0.717, 1.165) is 50.8 Å². The van der Waals surface area contributed by atoms with E-state index in [-0.39, 0.29) is 55.7 Å². The van der Waals surface area contributed by atoms with Gasteiger partial charge in [-0.05, 0) is 62.4 Å². The van der Waals surface area contributed by atoms with E-state index in [0.29, 0.717) is 18.6 Å². The van der Waals surface area contributed by atoms with Crippen molar-refractivity contribution in [2.75, 3.05) is 26.4 Å². The lowest BCUT2D eigenvalue weighted by molar-refractivity contribution is -0.156. The van der Waals surface area contributed by atoms with Crippen LogP contribution < -0.4 is 26.4 Å². The van der Waals surface area contributed by atoms with E-state index < -0.39 is 23.8 Å². The van der Waals surface area contributed by atoms with Crippen LogP contribution in [0.25, 0.3) is 0 Å². The second-order valence-corrected chi connectivity index (χ2v) is 11.0. The Kier molecular flexibility index (Phi) is 15.6. The molecule has 3 amide bonds. The number of Topliss-reactive ketones (excluding diaryl/α,β-unsaturated/α-hetero) is 1. The number of piperidine rings is 1. The molecule has 11 heteroatoms. The fourth-order valence-electron chi connectivity index (χ4n) is 4.84. The van der Waals surface area contributed by atoms with Gasteiger partial charge in [0.25, 0.3) is 0 Å². The van der Waals surface area contributed by atoms with Gasteiger partial charge in [-0.3, -0.25) is 24.0 Å². The molecule has 42 heavy (non-hydrogen) atoms. The molecule has 0 bridgehead atoms. The van der Waals surface area contributed by atoms with Gasteiger partial charge < -0.3 is 31.2 Å². The number of carbonyl (C=O) groups excluding carboxylic acids is 5. The van der Waals surface area contributed by atoms with Crippen LogP contribution in [-0.2, 0) is 35.1 Å². The van der Waals surface area contributed by atoms with Crippen LogP contribution in [0, 0.1) is 17.8 Å². The number of primary amides is 1. The van der Waals surface area contributed by atoms with E-state index in [9.17, 15) is 24.0 Å². The van der Waals surface area contributed by atoms with Crippen LogP contribution in [0.1, 0.15) is 77.7 Å². The number of rotatable bonds is 19. The number of benzene rings is 1. The van der Waals surface area contributed by atoms with Gasteiger partial charge in [-0.2, -0.15) is 0 Å². The van der Waals surface area contributed by atoms with Gasteiger partial charge in [0.1, 0.15) is 5.75 Å². The highest BCUT2D eigenvalue weighted by atomic mass is 16.7. The molecule has 0 aromatic heterocycles. The zero-order valence-corrected chi connectivity index (χ0v) is 25.2. The van der Waals surface area contributed by atoms with Crippen LogP contribution in [0.5, 0.6) is 5.75 Å². The van der Waals surface area contributed by atoms with Gasteiger partial charge in [-0.15, -0.1) is 0 Å². The number of hydrogen-bond donors (Lipinski definition) is 4. The highest BCUT2D eigenvalue weighted by molar-refractivity contribution is 5.93. The Bertz CT molecular complexity index is 1020. The largest absolute Gasteiger partial charge is 0.457 e. The molecular formula is C31H48N4O7. The molecule has 1 fully saturated rings. The van der Waals surface area contributed by atoms with Crippen molar-refractivity contribution in [1.82, 2.24) is 16.0 Å². The van der Waals surface area contributed by atoms with Crippen LogP contribution in [0.3, 0.4) is 0 Å². The van der Waals surface area contributed by atoms with Crippen molar-refractivity contribution in [2.45, 2.75) is 84.6 Å². The first kappa shape index (κ1) is 34.7. The van der Waals surface area contributed by atoms with Crippen LogP contribution in [0.2, 0.25) is 0 Å². The predicted octanol–water partition coefficient (Wildman–Crippen LogP) is 2.40. The molecule has 0 radical (unpaired) electrons. The lowest BCUT2D eigenvalue weighted by atomic mass is 9.84. The molecule has 1 heterocycles. The Morgan fingerprint density at radius 3 is 2.36 bits per heavy atom. The van der Waals surface area contributed by atoms with Crippen molar-refractivity contribution in [2.24, 2.45) is 23.5 Å². The standard InChI is InChI=1S/C31H48N4O7/c1-4-6-7-8-29(38)35-26(27(36)18-25(21(3)5-2)30(39)34-19-28(32)37)17-22-9-11-24(12-10-22)41-20-42-31(40)23-13-15-33-16-14-23/h9-12,21,23,25-26,33H,4-8,13-20H2,1-3H3,(H2,32,37)(H,34,39)(H,35,38). The number of carbonyl (C=O) groups is 5. The lowest BCUT2D eigenvalue weighted by Gasteiger charge is -2.25. The molecule has 1 saturated heterocycles. The summed E-state index contributed by atoms with van der Waals surface area (Å²) in [7, 11) is 0. The minimum absolute atomic E-state index is 0.0802. The Morgan fingerprint density at radius 1 is 1.05 bits per heavy atom. The average molecular weight is 589 g/mol. The van der Waals surface area contributed by atoms with Crippen molar-refractivity contribution in [3.8, 4) is 5.75 Å². The first-order chi connectivity index (χ1) is 20.1. The fourth-order valence-corrected chi connectivity index (χ4v) is 4.84. The van der Waals surface area contributed by atoms with Crippen molar-refractivity contribution in [3.05, 3.63) is 29.8 Å². The minimum atomic E-state index is -0.827. The van der Waals surface area contributed by atoms with Crippen LogP contribution in [0.4, 0.5) is 0 Å². The van der Waals surface area contributed by atoms with Crippen molar-refractivity contribution in [3.63, 3.8) is 0 Å². The third-order valence-electron chi connectivity index (χ3n) is 7.72. The normalized spacial score (nSPS) is 15.6. The van der Waals surface area contributed by atoms with Gasteiger partial charge in [-0.1, -0.05) is 52.2 Å². The SMILES string of the molecule is CCCCCC(=O)NC(Cc1ccc(OCOC(=O)C2CCNCC2)cc1)C(=O)CC(C(=O)NCC(N)=O)C(C)CC. The van der Waals surface area contributed by atoms with Crippen LogP contribution in [0.15, 0.2) is 24.3 Å². The number of hydrogen-bond acceptors (Lipinski definition) is 8. The first-order valence-corrected chi connectivity index (χ1v) is 15.1. The fraction of sp³-hybridized carbons (Fsp3) is 0.645. The lowest BCUT2D eigenvalue weighted by Crippen LogP contribution is -2.45. The maximum atomic E-state index is 13.5. The Labute approximate surface area is 249 Å². The third kappa shape index (κ3) is 12.6. The highest BCUT2D eigenvalue weighted by Gasteiger charge is 2.31. The molecule has 1 aliphatic heterocycles. The van der Waals surface area contributed by atoms with E-state index in [1.54, 1.807) is 24.3 Å². The van der Waals surface area contributed by atoms with Gasteiger partial charge in [-0.25, -0.2) is 0 Å². The van der Waals surface area contributed by atoms with Gasteiger partial charge in [0.2, 0.25) is 24.5 Å². The Morgan fingerprint density at radius 2 is 1.74 bits per heavy atom. The number of esters is 1. The van der Waals surface area contributed by atoms with E-state index >= 15 is 0 Å². The zero-order chi connectivity index (χ0) is 30.9. The van der Waals surface area contributed by atoms with Crippen molar-refractivity contribution >= 4 is 29.5 Å². The predicted molar refractivity (Wildman–Crippen MR) is 158 cm³/mol. The second kappa shape index (κ2) is 18.9. The summed E-state index contributed by atoms with van der Waals surface area (Å²) in [5.41, 5.74) is 5.96. The van der Waals surface area contributed by atoms with E-state index in [1.807, 2.05) is 13.8 Å². The number of nitrogens with two attached hydrogens (primary N) is 1. The van der Waals surface area contributed by atoms with Gasteiger partial charge in [0, 0.05) is 18.8 Å². The van der Waals surface area contributed by atoms with E-state index in [4.69, 9.17) is 15.2 Å².